The molecule has 1 N–H and O–H groups in total. The molecule has 0 saturated heterocycles. The average Bonchev–Trinajstić information content (AvgIpc) is 2.71. The predicted octanol–water partition coefficient (Wildman–Crippen LogP) is 5.01. The maximum atomic E-state index is 13.0. The SMILES string of the molecule is CCOc1cc(C(=O)Nc2cccc3c2CCCC3)cc(OCC)c1OCC. The number of carbonyl (C=O) groups is 1. The molecule has 0 radical (unpaired) electrons. The molecule has 3 rings (SSSR count). The first kappa shape index (κ1) is 20.1. The standard InChI is InChI=1S/C23H29NO4/c1-4-26-20-14-17(15-21(27-5-2)22(20)28-6-3)23(25)24-19-13-9-11-16-10-7-8-12-18(16)19/h9,11,13-15H,4-8,10,12H2,1-3H3,(H,24,25). The zero-order valence-corrected chi connectivity index (χ0v) is 17.0. The molecule has 5 nitrogen and oxygen atoms in total. The number of hydrogen-bond donors (Lipinski definition) is 1. The summed E-state index contributed by atoms with van der Waals surface area (Å²) < 4.78 is 17.2. The van der Waals surface area contributed by atoms with Crippen molar-refractivity contribution in [2.45, 2.75) is 46.5 Å². The molecule has 0 spiro atoms. The summed E-state index contributed by atoms with van der Waals surface area (Å²) in [5.41, 5.74) is 3.97. The Kier molecular flexibility index (Phi) is 6.80. The van der Waals surface area contributed by atoms with E-state index in [-0.39, 0.29) is 5.91 Å². The van der Waals surface area contributed by atoms with Gasteiger partial charge in [-0.25, -0.2) is 0 Å². The van der Waals surface area contributed by atoms with Gasteiger partial charge in [0.2, 0.25) is 5.75 Å². The van der Waals surface area contributed by atoms with Crippen molar-refractivity contribution in [1.29, 1.82) is 0 Å². The van der Waals surface area contributed by atoms with Gasteiger partial charge in [0, 0.05) is 11.3 Å². The van der Waals surface area contributed by atoms with Crippen LogP contribution in [0.15, 0.2) is 30.3 Å². The van der Waals surface area contributed by atoms with Crippen molar-refractivity contribution in [2.24, 2.45) is 0 Å². The summed E-state index contributed by atoms with van der Waals surface area (Å²) in [5.74, 6) is 1.41. The topological polar surface area (TPSA) is 56.8 Å². The summed E-state index contributed by atoms with van der Waals surface area (Å²) in [7, 11) is 0. The highest BCUT2D eigenvalue weighted by Crippen LogP contribution is 2.39. The number of aryl methyl sites for hydroxylation is 1. The number of nitrogens with one attached hydrogen (secondary N) is 1. The molecule has 0 fully saturated rings. The van der Waals surface area contributed by atoms with Gasteiger partial charge < -0.3 is 19.5 Å². The van der Waals surface area contributed by atoms with Crippen LogP contribution in [0.4, 0.5) is 5.69 Å². The van der Waals surface area contributed by atoms with E-state index in [9.17, 15) is 4.79 Å². The van der Waals surface area contributed by atoms with Crippen LogP contribution < -0.4 is 19.5 Å². The summed E-state index contributed by atoms with van der Waals surface area (Å²) in [6.45, 7) is 7.15. The Morgan fingerprint density at radius 1 is 0.929 bits per heavy atom. The van der Waals surface area contributed by atoms with Crippen molar-refractivity contribution in [3.63, 3.8) is 0 Å². The van der Waals surface area contributed by atoms with E-state index in [2.05, 4.69) is 11.4 Å². The summed E-state index contributed by atoms with van der Waals surface area (Å²) >= 11 is 0. The van der Waals surface area contributed by atoms with Gasteiger partial charge in [-0.05, 0) is 75.8 Å². The molecule has 0 aliphatic heterocycles. The summed E-state index contributed by atoms with van der Waals surface area (Å²) in [4.78, 5) is 13.0. The van der Waals surface area contributed by atoms with Crippen LogP contribution in [0.25, 0.3) is 0 Å². The van der Waals surface area contributed by atoms with Gasteiger partial charge in [-0.3, -0.25) is 4.79 Å². The highest BCUT2D eigenvalue weighted by molar-refractivity contribution is 6.05. The first-order valence-electron chi connectivity index (χ1n) is 10.2. The van der Waals surface area contributed by atoms with Gasteiger partial charge in [-0.1, -0.05) is 12.1 Å². The Morgan fingerprint density at radius 2 is 1.57 bits per heavy atom. The van der Waals surface area contributed by atoms with E-state index in [4.69, 9.17) is 14.2 Å². The minimum absolute atomic E-state index is 0.177. The van der Waals surface area contributed by atoms with Gasteiger partial charge in [-0.2, -0.15) is 0 Å². The molecule has 0 aromatic heterocycles. The fourth-order valence-corrected chi connectivity index (χ4v) is 3.61. The molecule has 0 unspecified atom stereocenters. The Morgan fingerprint density at radius 3 is 2.21 bits per heavy atom. The minimum atomic E-state index is -0.177. The predicted molar refractivity (Wildman–Crippen MR) is 111 cm³/mol. The van der Waals surface area contributed by atoms with Crippen molar-refractivity contribution in [1.82, 2.24) is 0 Å². The number of hydrogen-bond acceptors (Lipinski definition) is 4. The van der Waals surface area contributed by atoms with Gasteiger partial charge in [0.15, 0.2) is 11.5 Å². The van der Waals surface area contributed by atoms with Crippen LogP contribution in [-0.2, 0) is 12.8 Å². The monoisotopic (exact) mass is 383 g/mol. The largest absolute Gasteiger partial charge is 0.490 e. The highest BCUT2D eigenvalue weighted by Gasteiger charge is 2.20. The second-order valence-electron chi connectivity index (χ2n) is 6.71. The zero-order valence-electron chi connectivity index (χ0n) is 17.0. The number of amides is 1. The molecule has 0 atom stereocenters. The van der Waals surface area contributed by atoms with Crippen LogP contribution in [-0.4, -0.2) is 25.7 Å². The molecule has 150 valence electrons. The molecule has 0 saturated carbocycles. The van der Waals surface area contributed by atoms with Crippen molar-refractivity contribution in [2.75, 3.05) is 25.1 Å². The molecule has 1 aliphatic rings. The molecule has 0 heterocycles. The zero-order chi connectivity index (χ0) is 19.9. The van der Waals surface area contributed by atoms with Crippen molar-refractivity contribution < 1.29 is 19.0 Å². The number of ether oxygens (including phenoxy) is 3. The fourth-order valence-electron chi connectivity index (χ4n) is 3.61. The van der Waals surface area contributed by atoms with Gasteiger partial charge in [0.05, 0.1) is 19.8 Å². The van der Waals surface area contributed by atoms with Crippen LogP contribution in [0.2, 0.25) is 0 Å². The Labute approximate surface area is 167 Å². The van der Waals surface area contributed by atoms with Gasteiger partial charge >= 0.3 is 0 Å². The molecule has 2 aromatic rings. The van der Waals surface area contributed by atoms with Crippen LogP contribution >= 0.6 is 0 Å². The van der Waals surface area contributed by atoms with Crippen LogP contribution in [0, 0.1) is 0 Å². The van der Waals surface area contributed by atoms with Crippen LogP contribution in [0.3, 0.4) is 0 Å². The van der Waals surface area contributed by atoms with E-state index >= 15 is 0 Å². The Bertz CT molecular complexity index is 804. The summed E-state index contributed by atoms with van der Waals surface area (Å²) in [5, 5.41) is 3.09. The normalized spacial score (nSPS) is 12.8. The third-order valence-corrected chi connectivity index (χ3v) is 4.82. The molecule has 28 heavy (non-hydrogen) atoms. The molecule has 2 aromatic carbocycles. The van der Waals surface area contributed by atoms with Crippen LogP contribution in [0.1, 0.15) is 55.1 Å². The lowest BCUT2D eigenvalue weighted by Gasteiger charge is -2.20. The van der Waals surface area contributed by atoms with Crippen molar-refractivity contribution >= 4 is 11.6 Å². The van der Waals surface area contributed by atoms with E-state index in [0.29, 0.717) is 42.6 Å². The van der Waals surface area contributed by atoms with Crippen molar-refractivity contribution in [3.8, 4) is 17.2 Å². The maximum absolute atomic E-state index is 13.0. The minimum Gasteiger partial charge on any atom is -0.490 e. The lowest BCUT2D eigenvalue weighted by molar-refractivity contribution is 0.102. The molecule has 0 bridgehead atoms. The van der Waals surface area contributed by atoms with Crippen LogP contribution in [0.5, 0.6) is 17.2 Å². The second kappa shape index (κ2) is 9.49. The molecule has 5 heteroatoms. The van der Waals surface area contributed by atoms with E-state index in [1.165, 1.54) is 17.5 Å². The number of fused-ring (bicyclic) bond motifs is 1. The quantitative estimate of drug-likeness (QED) is 0.696. The second-order valence-corrected chi connectivity index (χ2v) is 6.71. The molecule has 1 amide bonds. The van der Waals surface area contributed by atoms with E-state index < -0.39 is 0 Å². The molecule has 1 aliphatic carbocycles. The molecular weight excluding hydrogens is 354 g/mol. The van der Waals surface area contributed by atoms with Gasteiger partial charge in [0.25, 0.3) is 5.91 Å². The highest BCUT2D eigenvalue weighted by atomic mass is 16.5. The first-order chi connectivity index (χ1) is 13.7. The summed E-state index contributed by atoms with van der Waals surface area (Å²) in [6, 6.07) is 9.59. The number of rotatable bonds is 8. The van der Waals surface area contributed by atoms with E-state index in [1.54, 1.807) is 12.1 Å². The third kappa shape index (κ3) is 4.41. The van der Waals surface area contributed by atoms with Gasteiger partial charge in [-0.15, -0.1) is 0 Å². The van der Waals surface area contributed by atoms with Gasteiger partial charge in [0.1, 0.15) is 0 Å². The lowest BCUT2D eigenvalue weighted by atomic mass is 9.90. The van der Waals surface area contributed by atoms with E-state index in [0.717, 1.165) is 24.9 Å². The lowest BCUT2D eigenvalue weighted by Crippen LogP contribution is -2.16. The molecular formula is C23H29NO4. The Hall–Kier alpha value is -2.69. The first-order valence-corrected chi connectivity index (χ1v) is 10.2. The Balaban J connectivity index is 1.93. The third-order valence-electron chi connectivity index (χ3n) is 4.82. The fraction of sp³-hybridized carbons (Fsp3) is 0.435. The number of benzene rings is 2. The van der Waals surface area contributed by atoms with E-state index in [1.807, 2.05) is 32.9 Å². The summed E-state index contributed by atoms with van der Waals surface area (Å²) in [6.07, 6.45) is 4.44. The maximum Gasteiger partial charge on any atom is 0.255 e. The average molecular weight is 383 g/mol. The number of carbonyl (C=O) groups excluding carboxylic acids is 1. The smallest absolute Gasteiger partial charge is 0.255 e. The number of anilines is 1. The van der Waals surface area contributed by atoms with Crippen molar-refractivity contribution in [3.05, 3.63) is 47.0 Å².